The highest BCUT2D eigenvalue weighted by atomic mass is 32.1. The molecule has 3 rings (SSSR count). The van der Waals surface area contributed by atoms with E-state index < -0.39 is 0 Å². The number of thiophene rings is 1. The molecular weight excluding hydrogens is 272 g/mol. The average Bonchev–Trinajstić information content (AvgIpc) is 3.13. The second kappa shape index (κ2) is 6.70. The topological polar surface area (TPSA) is 32.8 Å². The number of nitrogens with zero attached hydrogens (tertiary/aromatic N) is 2. The summed E-state index contributed by atoms with van der Waals surface area (Å²) in [6, 6.07) is 4.28. The van der Waals surface area contributed by atoms with Crippen molar-refractivity contribution >= 4 is 17.2 Å². The number of rotatable bonds is 4. The van der Waals surface area contributed by atoms with Crippen molar-refractivity contribution in [1.29, 1.82) is 0 Å². The Balaban J connectivity index is 1.60. The van der Waals surface area contributed by atoms with Gasteiger partial charge in [0.15, 0.2) is 0 Å². The van der Waals surface area contributed by atoms with Crippen molar-refractivity contribution < 1.29 is 9.53 Å². The molecule has 1 atom stereocenters. The van der Waals surface area contributed by atoms with Gasteiger partial charge in [-0.15, -0.1) is 11.3 Å². The number of likely N-dealkylation sites (tertiary alicyclic amines) is 1. The summed E-state index contributed by atoms with van der Waals surface area (Å²) in [4.78, 5) is 18.2. The number of carbonyl (C=O) groups is 1. The van der Waals surface area contributed by atoms with Crippen LogP contribution in [0.4, 0.5) is 0 Å². The zero-order valence-electron chi connectivity index (χ0n) is 11.8. The molecule has 1 aromatic heterocycles. The summed E-state index contributed by atoms with van der Waals surface area (Å²) in [6.45, 7) is 5.41. The molecule has 5 heteroatoms. The van der Waals surface area contributed by atoms with Crippen LogP contribution in [0.2, 0.25) is 0 Å². The van der Waals surface area contributed by atoms with Gasteiger partial charge in [0.2, 0.25) is 5.91 Å². The number of ether oxygens (including phenoxy) is 1. The van der Waals surface area contributed by atoms with Crippen LogP contribution in [0, 0.1) is 0 Å². The molecule has 0 radical (unpaired) electrons. The smallest absolute Gasteiger partial charge is 0.228 e. The minimum Gasteiger partial charge on any atom is -0.377 e. The van der Waals surface area contributed by atoms with Gasteiger partial charge in [-0.1, -0.05) is 6.07 Å². The molecule has 2 saturated heterocycles. The number of hydrogen-bond donors (Lipinski definition) is 0. The lowest BCUT2D eigenvalue weighted by atomic mass is 10.2. The van der Waals surface area contributed by atoms with Gasteiger partial charge in [0.1, 0.15) is 0 Å². The van der Waals surface area contributed by atoms with E-state index in [2.05, 4.69) is 4.90 Å². The van der Waals surface area contributed by atoms with Crippen molar-refractivity contribution in [3.8, 4) is 0 Å². The van der Waals surface area contributed by atoms with Crippen LogP contribution in [0.1, 0.15) is 17.7 Å². The lowest BCUT2D eigenvalue weighted by molar-refractivity contribution is -0.139. The maximum atomic E-state index is 12.5. The molecule has 0 saturated carbocycles. The van der Waals surface area contributed by atoms with E-state index in [1.807, 2.05) is 22.4 Å². The highest BCUT2D eigenvalue weighted by molar-refractivity contribution is 7.10. The van der Waals surface area contributed by atoms with Crippen LogP contribution in [0.3, 0.4) is 0 Å². The fourth-order valence-corrected chi connectivity index (χ4v) is 3.76. The molecule has 1 unspecified atom stereocenters. The second-order valence-corrected chi connectivity index (χ2v) is 6.61. The molecule has 4 nitrogen and oxygen atoms in total. The fourth-order valence-electron chi connectivity index (χ4n) is 3.06. The third-order valence-corrected chi connectivity index (χ3v) is 5.00. The summed E-state index contributed by atoms with van der Waals surface area (Å²) in [5.74, 6) is 0.250. The van der Waals surface area contributed by atoms with Gasteiger partial charge in [0, 0.05) is 18.0 Å². The first-order valence-corrected chi connectivity index (χ1v) is 8.33. The minimum atomic E-state index is 0.231. The Morgan fingerprint density at radius 3 is 2.95 bits per heavy atom. The molecule has 110 valence electrons. The standard InChI is InChI=1S/C15H22N2O2S/c18-15(10-14-4-3-9-20-14)17-7-8-19-12-13(17)11-16-5-1-2-6-16/h3-4,9,13H,1-2,5-8,10-12H2. The van der Waals surface area contributed by atoms with E-state index in [4.69, 9.17) is 4.74 Å². The lowest BCUT2D eigenvalue weighted by Gasteiger charge is -2.37. The first-order valence-electron chi connectivity index (χ1n) is 7.45. The highest BCUT2D eigenvalue weighted by Gasteiger charge is 2.29. The van der Waals surface area contributed by atoms with Gasteiger partial charge in [-0.3, -0.25) is 4.79 Å². The molecule has 0 aliphatic carbocycles. The van der Waals surface area contributed by atoms with Crippen molar-refractivity contribution in [3.05, 3.63) is 22.4 Å². The summed E-state index contributed by atoms with van der Waals surface area (Å²) >= 11 is 1.66. The highest BCUT2D eigenvalue weighted by Crippen LogP contribution is 2.16. The Morgan fingerprint density at radius 2 is 2.20 bits per heavy atom. The molecule has 1 amide bonds. The molecule has 0 aromatic carbocycles. The Morgan fingerprint density at radius 1 is 1.35 bits per heavy atom. The Hall–Kier alpha value is -0.910. The maximum Gasteiger partial charge on any atom is 0.228 e. The predicted octanol–water partition coefficient (Wildman–Crippen LogP) is 1.61. The van der Waals surface area contributed by atoms with Crippen molar-refractivity contribution in [2.45, 2.75) is 25.3 Å². The quantitative estimate of drug-likeness (QED) is 0.846. The second-order valence-electron chi connectivity index (χ2n) is 5.58. The van der Waals surface area contributed by atoms with E-state index in [0.29, 0.717) is 19.6 Å². The minimum absolute atomic E-state index is 0.231. The first-order chi connectivity index (χ1) is 9.83. The average molecular weight is 294 g/mol. The molecular formula is C15H22N2O2S. The monoisotopic (exact) mass is 294 g/mol. The number of morpholine rings is 1. The van der Waals surface area contributed by atoms with Crippen LogP contribution >= 0.6 is 11.3 Å². The van der Waals surface area contributed by atoms with Crippen LogP contribution in [-0.2, 0) is 16.0 Å². The van der Waals surface area contributed by atoms with E-state index in [-0.39, 0.29) is 11.9 Å². The van der Waals surface area contributed by atoms with E-state index in [0.717, 1.165) is 18.0 Å². The van der Waals surface area contributed by atoms with Crippen LogP contribution in [0.15, 0.2) is 17.5 Å². The molecule has 0 bridgehead atoms. The van der Waals surface area contributed by atoms with Gasteiger partial charge in [-0.05, 0) is 37.4 Å². The lowest BCUT2D eigenvalue weighted by Crippen LogP contribution is -2.53. The van der Waals surface area contributed by atoms with Gasteiger partial charge in [-0.25, -0.2) is 0 Å². The Bertz CT molecular complexity index is 429. The van der Waals surface area contributed by atoms with Gasteiger partial charge in [0.05, 0.1) is 25.7 Å². The summed E-state index contributed by atoms with van der Waals surface area (Å²) in [6.07, 6.45) is 3.11. The predicted molar refractivity (Wildman–Crippen MR) is 80.0 cm³/mol. The molecule has 2 aliphatic heterocycles. The summed E-state index contributed by atoms with van der Waals surface area (Å²) < 4.78 is 5.59. The normalized spacial score (nSPS) is 24.2. The van der Waals surface area contributed by atoms with Crippen LogP contribution < -0.4 is 0 Å². The van der Waals surface area contributed by atoms with E-state index >= 15 is 0 Å². The molecule has 20 heavy (non-hydrogen) atoms. The van der Waals surface area contributed by atoms with Crippen molar-refractivity contribution in [3.63, 3.8) is 0 Å². The largest absolute Gasteiger partial charge is 0.377 e. The van der Waals surface area contributed by atoms with Crippen LogP contribution in [-0.4, -0.2) is 61.1 Å². The Kier molecular flexibility index (Phi) is 4.70. The fraction of sp³-hybridized carbons (Fsp3) is 0.667. The summed E-state index contributed by atoms with van der Waals surface area (Å²) in [5.41, 5.74) is 0. The van der Waals surface area contributed by atoms with Crippen molar-refractivity contribution in [2.75, 3.05) is 39.4 Å². The summed E-state index contributed by atoms with van der Waals surface area (Å²) in [5, 5.41) is 2.03. The zero-order chi connectivity index (χ0) is 13.8. The third kappa shape index (κ3) is 3.40. The molecule has 3 heterocycles. The van der Waals surface area contributed by atoms with Crippen LogP contribution in [0.25, 0.3) is 0 Å². The third-order valence-electron chi connectivity index (χ3n) is 4.12. The van der Waals surface area contributed by atoms with E-state index in [9.17, 15) is 4.79 Å². The molecule has 1 aromatic rings. The Labute approximate surface area is 124 Å². The zero-order valence-corrected chi connectivity index (χ0v) is 12.6. The number of amides is 1. The number of hydrogen-bond acceptors (Lipinski definition) is 4. The van der Waals surface area contributed by atoms with Crippen molar-refractivity contribution in [1.82, 2.24) is 9.80 Å². The van der Waals surface area contributed by atoms with Gasteiger partial charge in [-0.2, -0.15) is 0 Å². The van der Waals surface area contributed by atoms with Crippen LogP contribution in [0.5, 0.6) is 0 Å². The van der Waals surface area contributed by atoms with E-state index in [1.165, 1.54) is 25.9 Å². The number of carbonyl (C=O) groups excluding carboxylic acids is 1. The maximum absolute atomic E-state index is 12.5. The van der Waals surface area contributed by atoms with Gasteiger partial charge in [0.25, 0.3) is 0 Å². The molecule has 2 fully saturated rings. The van der Waals surface area contributed by atoms with Gasteiger partial charge < -0.3 is 14.5 Å². The molecule has 2 aliphatic rings. The van der Waals surface area contributed by atoms with E-state index in [1.54, 1.807) is 11.3 Å². The molecule has 0 N–H and O–H groups in total. The molecule has 0 spiro atoms. The van der Waals surface area contributed by atoms with Gasteiger partial charge >= 0.3 is 0 Å². The summed E-state index contributed by atoms with van der Waals surface area (Å²) in [7, 11) is 0. The SMILES string of the molecule is O=C(Cc1cccs1)N1CCOCC1CN1CCCC1. The van der Waals surface area contributed by atoms with Crippen molar-refractivity contribution in [2.24, 2.45) is 0 Å². The first kappa shape index (κ1) is 14.0.